The molecule has 1 amide bonds. The highest BCUT2D eigenvalue weighted by atomic mass is 32.2. The Bertz CT molecular complexity index is 532. The van der Waals surface area contributed by atoms with Gasteiger partial charge in [-0.25, -0.2) is 4.68 Å². The van der Waals surface area contributed by atoms with E-state index in [9.17, 15) is 9.59 Å². The van der Waals surface area contributed by atoms with Crippen LogP contribution in [0.5, 0.6) is 0 Å². The molecule has 0 aromatic carbocycles. The topological polar surface area (TPSA) is 103 Å². The minimum absolute atomic E-state index is 0.0257. The fraction of sp³-hybridized carbons (Fsp3) is 0.692. The lowest BCUT2D eigenvalue weighted by molar-refractivity contribution is -0.144. The van der Waals surface area contributed by atoms with E-state index in [4.69, 9.17) is 10.6 Å². The lowest BCUT2D eigenvalue weighted by atomic mass is 10.5. The van der Waals surface area contributed by atoms with Crippen molar-refractivity contribution >= 4 is 35.4 Å². The Hall–Kier alpha value is -1.42. The van der Waals surface area contributed by atoms with Gasteiger partial charge in [0, 0.05) is 13.1 Å². The van der Waals surface area contributed by atoms with E-state index in [0.717, 1.165) is 11.8 Å². The first-order chi connectivity index (χ1) is 10.9. The standard InChI is InChI=1S/C13H23N5O3S2/c1-5-17(6-2)10(19)7-22-12-15-16-13(18(12)14)23-8-11(20)21-9(3)4/h9H,5-8,14H2,1-4H3. The third-order valence-electron chi connectivity index (χ3n) is 2.76. The molecule has 8 nitrogen and oxygen atoms in total. The molecule has 10 heteroatoms. The van der Waals surface area contributed by atoms with E-state index >= 15 is 0 Å². The van der Waals surface area contributed by atoms with Gasteiger partial charge in [-0.2, -0.15) is 0 Å². The maximum atomic E-state index is 12.0. The van der Waals surface area contributed by atoms with Gasteiger partial charge in [-0.1, -0.05) is 23.5 Å². The number of hydrogen-bond acceptors (Lipinski definition) is 8. The number of nitrogens with zero attached hydrogens (tertiary/aromatic N) is 4. The zero-order chi connectivity index (χ0) is 17.4. The van der Waals surface area contributed by atoms with Gasteiger partial charge in [-0.15, -0.1) is 10.2 Å². The van der Waals surface area contributed by atoms with Crippen molar-refractivity contribution in [1.82, 2.24) is 19.8 Å². The van der Waals surface area contributed by atoms with E-state index in [1.807, 2.05) is 13.8 Å². The highest BCUT2D eigenvalue weighted by Gasteiger charge is 2.16. The number of nitrogen functional groups attached to an aromatic ring is 1. The van der Waals surface area contributed by atoms with Gasteiger partial charge in [-0.05, 0) is 27.7 Å². The molecule has 1 aromatic heterocycles. The highest BCUT2D eigenvalue weighted by Crippen LogP contribution is 2.21. The van der Waals surface area contributed by atoms with E-state index < -0.39 is 0 Å². The third-order valence-corrected chi connectivity index (χ3v) is 4.60. The molecule has 0 aliphatic carbocycles. The maximum Gasteiger partial charge on any atom is 0.316 e. The molecule has 0 atom stereocenters. The number of aromatic nitrogens is 3. The molecule has 1 aromatic rings. The van der Waals surface area contributed by atoms with Crippen molar-refractivity contribution in [2.24, 2.45) is 0 Å². The summed E-state index contributed by atoms with van der Waals surface area (Å²) in [5.74, 6) is 5.94. The Morgan fingerprint density at radius 3 is 2.17 bits per heavy atom. The molecule has 2 N–H and O–H groups in total. The van der Waals surface area contributed by atoms with Crippen LogP contribution < -0.4 is 5.84 Å². The molecule has 0 saturated heterocycles. The highest BCUT2D eigenvalue weighted by molar-refractivity contribution is 8.00. The van der Waals surface area contributed by atoms with Gasteiger partial charge in [0.25, 0.3) is 0 Å². The van der Waals surface area contributed by atoms with Gasteiger partial charge in [0.15, 0.2) is 0 Å². The Labute approximate surface area is 144 Å². The number of ether oxygens (including phenoxy) is 1. The molecule has 1 heterocycles. The second-order valence-corrected chi connectivity index (χ2v) is 6.70. The molecule has 1 rings (SSSR count). The minimum atomic E-state index is -0.334. The molecule has 0 aliphatic rings. The van der Waals surface area contributed by atoms with E-state index in [0.29, 0.717) is 23.4 Å². The summed E-state index contributed by atoms with van der Waals surface area (Å²) in [6.07, 6.45) is -0.156. The van der Waals surface area contributed by atoms with Crippen molar-refractivity contribution in [2.45, 2.75) is 44.1 Å². The van der Waals surface area contributed by atoms with E-state index in [2.05, 4.69) is 10.2 Å². The van der Waals surface area contributed by atoms with Crippen LogP contribution in [-0.4, -0.2) is 62.3 Å². The second kappa shape index (κ2) is 9.66. The second-order valence-electron chi connectivity index (χ2n) is 4.82. The lowest BCUT2D eigenvalue weighted by Crippen LogP contribution is -2.32. The van der Waals surface area contributed by atoms with Gasteiger partial charge in [0.1, 0.15) is 0 Å². The number of carbonyl (C=O) groups excluding carboxylic acids is 2. The maximum absolute atomic E-state index is 12.0. The third kappa shape index (κ3) is 6.30. The SMILES string of the molecule is CCN(CC)C(=O)CSc1nnc(SCC(=O)OC(C)C)n1N. The van der Waals surface area contributed by atoms with Crippen molar-refractivity contribution in [3.8, 4) is 0 Å². The van der Waals surface area contributed by atoms with Crippen LogP contribution in [0.1, 0.15) is 27.7 Å². The summed E-state index contributed by atoms with van der Waals surface area (Å²) in [5.41, 5.74) is 0. The van der Waals surface area contributed by atoms with Crippen LogP contribution in [0.15, 0.2) is 10.3 Å². The number of rotatable bonds is 9. The van der Waals surface area contributed by atoms with Crippen molar-refractivity contribution in [3.05, 3.63) is 0 Å². The zero-order valence-corrected chi connectivity index (χ0v) is 15.4. The number of carbonyl (C=O) groups is 2. The van der Waals surface area contributed by atoms with E-state index in [1.54, 1.807) is 18.7 Å². The summed E-state index contributed by atoms with van der Waals surface area (Å²) in [4.78, 5) is 25.2. The van der Waals surface area contributed by atoms with Crippen molar-refractivity contribution in [2.75, 3.05) is 30.4 Å². The van der Waals surface area contributed by atoms with E-state index in [-0.39, 0.29) is 29.5 Å². The van der Waals surface area contributed by atoms with Gasteiger partial charge in [0.2, 0.25) is 16.2 Å². The Balaban J connectivity index is 2.53. The van der Waals surface area contributed by atoms with Crippen molar-refractivity contribution in [3.63, 3.8) is 0 Å². The molecule has 0 spiro atoms. The van der Waals surface area contributed by atoms with Crippen molar-refractivity contribution < 1.29 is 14.3 Å². The van der Waals surface area contributed by atoms with Gasteiger partial charge < -0.3 is 15.5 Å². The van der Waals surface area contributed by atoms with Gasteiger partial charge in [0.05, 0.1) is 17.6 Å². The summed E-state index contributed by atoms with van der Waals surface area (Å²) < 4.78 is 6.32. The normalized spacial score (nSPS) is 10.8. The molecular weight excluding hydrogens is 338 g/mol. The monoisotopic (exact) mass is 361 g/mol. The summed E-state index contributed by atoms with van der Waals surface area (Å²) in [7, 11) is 0. The smallest absolute Gasteiger partial charge is 0.316 e. The fourth-order valence-electron chi connectivity index (χ4n) is 1.67. The van der Waals surface area contributed by atoms with Gasteiger partial charge >= 0.3 is 5.97 Å². The van der Waals surface area contributed by atoms with Crippen molar-refractivity contribution in [1.29, 1.82) is 0 Å². The zero-order valence-electron chi connectivity index (χ0n) is 13.8. The van der Waals surface area contributed by atoms with Crippen LogP contribution in [0, 0.1) is 0 Å². The average Bonchev–Trinajstić information content (AvgIpc) is 2.84. The fourth-order valence-corrected chi connectivity index (χ4v) is 3.13. The number of thioether (sulfide) groups is 2. The van der Waals surface area contributed by atoms with Crippen LogP contribution in [0.25, 0.3) is 0 Å². The molecule has 23 heavy (non-hydrogen) atoms. The van der Waals surface area contributed by atoms with Crippen LogP contribution in [0.2, 0.25) is 0 Å². The molecule has 0 fully saturated rings. The molecule has 0 saturated carbocycles. The predicted octanol–water partition coefficient (Wildman–Crippen LogP) is 0.996. The summed E-state index contributed by atoms with van der Waals surface area (Å²) in [6.45, 7) is 8.78. The average molecular weight is 361 g/mol. The Morgan fingerprint density at radius 2 is 1.70 bits per heavy atom. The number of esters is 1. The quantitative estimate of drug-likeness (QED) is 0.395. The molecule has 130 valence electrons. The first kappa shape index (κ1) is 19.6. The summed E-state index contributed by atoms with van der Waals surface area (Å²) in [6, 6.07) is 0. The van der Waals surface area contributed by atoms with Crippen LogP contribution in [0.3, 0.4) is 0 Å². The van der Waals surface area contributed by atoms with Crippen LogP contribution in [-0.2, 0) is 14.3 Å². The first-order valence-corrected chi connectivity index (χ1v) is 9.29. The summed E-state index contributed by atoms with van der Waals surface area (Å²) >= 11 is 2.37. The van der Waals surface area contributed by atoms with Gasteiger partial charge in [-0.3, -0.25) is 9.59 Å². The number of nitrogens with two attached hydrogens (primary N) is 1. The number of hydrogen-bond donors (Lipinski definition) is 1. The molecule has 0 bridgehead atoms. The first-order valence-electron chi connectivity index (χ1n) is 7.32. The molecular formula is C13H23N5O3S2. The molecule has 0 aliphatic heterocycles. The van der Waals surface area contributed by atoms with Crippen LogP contribution >= 0.6 is 23.5 Å². The molecule has 0 radical (unpaired) electrons. The lowest BCUT2D eigenvalue weighted by Gasteiger charge is -2.17. The predicted molar refractivity (Wildman–Crippen MR) is 90.8 cm³/mol. The van der Waals surface area contributed by atoms with Crippen LogP contribution in [0.4, 0.5) is 0 Å². The van der Waals surface area contributed by atoms with E-state index in [1.165, 1.54) is 16.4 Å². The summed E-state index contributed by atoms with van der Waals surface area (Å²) in [5, 5.41) is 8.71. The largest absolute Gasteiger partial charge is 0.462 e. The Kier molecular flexibility index (Phi) is 8.24. The minimum Gasteiger partial charge on any atom is -0.462 e. The Morgan fingerprint density at radius 1 is 1.17 bits per heavy atom. The molecule has 0 unspecified atom stereocenters. The number of amides is 1.